The summed E-state index contributed by atoms with van der Waals surface area (Å²) >= 11 is 0. The number of ether oxygens (including phenoxy) is 10. The molecule has 0 amide bonds. The molecule has 84 heavy (non-hydrogen) atoms. The minimum absolute atomic E-state index is 0.0670. The fourth-order valence-corrected chi connectivity index (χ4v) is 17.2. The van der Waals surface area contributed by atoms with Gasteiger partial charge in [-0.15, -0.1) is 0 Å². The van der Waals surface area contributed by atoms with Gasteiger partial charge in [-0.05, 0) is 111 Å². The summed E-state index contributed by atoms with van der Waals surface area (Å²) in [4.78, 5) is 29.3. The summed E-state index contributed by atoms with van der Waals surface area (Å²) in [6.07, 6.45) is -32.9. The van der Waals surface area contributed by atoms with Crippen molar-refractivity contribution < 1.29 is 134 Å². The molecule has 5 saturated heterocycles. The van der Waals surface area contributed by atoms with Crippen molar-refractivity contribution in [2.24, 2.45) is 50.2 Å². The van der Waals surface area contributed by atoms with E-state index in [4.69, 9.17) is 47.4 Å². The summed E-state index contributed by atoms with van der Waals surface area (Å²) < 4.78 is 58.7. The Morgan fingerprint density at radius 3 is 1.71 bits per heavy atom. The number of rotatable bonds is 12. The van der Waals surface area contributed by atoms with Crippen molar-refractivity contribution in [2.45, 2.75) is 254 Å². The lowest BCUT2D eigenvalue weighted by molar-refractivity contribution is -0.370. The van der Waals surface area contributed by atoms with Crippen molar-refractivity contribution in [1.82, 2.24) is 0 Å². The Balaban J connectivity index is 0.878. The van der Waals surface area contributed by atoms with Crippen molar-refractivity contribution in [2.75, 3.05) is 26.4 Å². The number of carboxylic acid groups (broad SMARTS) is 1. The van der Waals surface area contributed by atoms with Crippen LogP contribution in [0.3, 0.4) is 0 Å². The Hall–Kier alpha value is -2.24. The molecule has 0 bridgehead atoms. The number of esters is 1. The fourth-order valence-electron chi connectivity index (χ4n) is 17.2. The van der Waals surface area contributed by atoms with Crippen LogP contribution >= 0.6 is 0 Å². The monoisotopic (exact) mass is 1210 g/mol. The second kappa shape index (κ2) is 23.5. The quantitative estimate of drug-likeness (QED) is 0.0519. The highest BCUT2D eigenvalue weighted by Crippen LogP contribution is 2.76. The second-order valence-corrected chi connectivity index (χ2v) is 27.7. The van der Waals surface area contributed by atoms with Crippen LogP contribution in [0.2, 0.25) is 0 Å². The van der Waals surface area contributed by atoms with Crippen LogP contribution in [0, 0.1) is 50.2 Å². The van der Waals surface area contributed by atoms with E-state index >= 15 is 4.79 Å². The molecule has 10 aliphatic rings. The van der Waals surface area contributed by atoms with E-state index in [1.807, 2.05) is 6.92 Å². The lowest BCUT2D eigenvalue weighted by Gasteiger charge is -2.71. The maximum Gasteiger partial charge on any atom is 0.315 e. The maximum atomic E-state index is 15.4. The van der Waals surface area contributed by atoms with Crippen LogP contribution in [-0.4, -0.2) is 262 Å². The summed E-state index contributed by atoms with van der Waals surface area (Å²) in [6.45, 7) is 11.6. The third-order valence-corrected chi connectivity index (χ3v) is 22.4. The minimum Gasteiger partial charge on any atom is -0.481 e. The molecule has 27 heteroatoms. The number of aliphatic carboxylic acids is 1. The highest BCUT2D eigenvalue weighted by atomic mass is 16.8. The number of hydrogen-bond donors (Lipinski definition) is 15. The van der Waals surface area contributed by atoms with Crippen LogP contribution in [-0.2, 0) is 57.0 Å². The van der Waals surface area contributed by atoms with Gasteiger partial charge in [0.25, 0.3) is 0 Å². The average Bonchev–Trinajstić information content (AvgIpc) is 0.820. The molecule has 27 nitrogen and oxygen atoms in total. The van der Waals surface area contributed by atoms with E-state index in [1.165, 1.54) is 13.8 Å². The van der Waals surface area contributed by atoms with Gasteiger partial charge in [-0.3, -0.25) is 9.59 Å². The molecule has 9 fully saturated rings. The van der Waals surface area contributed by atoms with Gasteiger partial charge in [-0.1, -0.05) is 46.3 Å². The summed E-state index contributed by atoms with van der Waals surface area (Å²) in [6, 6.07) is 0. The summed E-state index contributed by atoms with van der Waals surface area (Å²) in [7, 11) is 0. The topological polar surface area (TPSA) is 430 Å². The van der Waals surface area contributed by atoms with E-state index < -0.39 is 219 Å². The van der Waals surface area contributed by atoms with Gasteiger partial charge in [-0.2, -0.15) is 0 Å². The first-order valence-electron chi connectivity index (χ1n) is 29.7. The molecule has 5 aliphatic heterocycles. The van der Waals surface area contributed by atoms with Crippen molar-refractivity contribution >= 4 is 11.9 Å². The Kier molecular flexibility index (Phi) is 18.1. The van der Waals surface area contributed by atoms with E-state index in [9.17, 15) is 81.4 Å². The third-order valence-electron chi connectivity index (χ3n) is 22.4. The molecule has 0 radical (unpaired) electrons. The molecule has 15 N–H and O–H groups in total. The van der Waals surface area contributed by atoms with Crippen molar-refractivity contribution in [1.29, 1.82) is 0 Å². The lowest BCUT2D eigenvalue weighted by atomic mass is 9.33. The van der Waals surface area contributed by atoms with Crippen LogP contribution in [0.25, 0.3) is 0 Å². The van der Waals surface area contributed by atoms with Gasteiger partial charge in [0.15, 0.2) is 31.3 Å². The molecule has 0 aromatic rings. The highest BCUT2D eigenvalue weighted by Gasteiger charge is 2.73. The van der Waals surface area contributed by atoms with Gasteiger partial charge in [0, 0.05) is 0 Å². The normalized spacial score (nSPS) is 54.8. The van der Waals surface area contributed by atoms with Crippen molar-refractivity contribution in [3.63, 3.8) is 0 Å². The Bertz CT molecular complexity index is 2400. The molecule has 32 atom stereocenters. The number of carbonyl (C=O) groups excluding carboxylic acids is 1. The number of hydrogen-bond acceptors (Lipinski definition) is 26. The molecule has 0 spiro atoms. The molecule has 0 unspecified atom stereocenters. The number of allylic oxidation sites excluding steroid dienone is 2. The van der Waals surface area contributed by atoms with Crippen LogP contribution in [0.1, 0.15) is 106 Å². The SMILES string of the molecule is C[C@@H]1O[C@@H](O[C@H]2[C@H](OC(=O)[C@]34CCC(C)(C)C[C@H]3C3=CC[C@@H]5[C@@]6(C)C[C@H](O)[C@H](O[C@@H]7O[C@H](CO)[C@@H](O[C@@H]8OC[C@@H](O)[C@H](O)[C@H]8O)[C@H](O)[C@H]7O)[C@@](C)(C(=O)O)[C@@H]6CC[C@@]5(C)[C@]3(C)CC4)OC[C@H](O)[C@@H]2O)[C@H](O)[C@H](O[C@@H]2OC[C@H](O)[C@H](O)[C@H]2O)[C@H]1O. The van der Waals surface area contributed by atoms with Gasteiger partial charge in [-0.25, -0.2) is 0 Å². The first kappa shape index (κ1) is 64.7. The van der Waals surface area contributed by atoms with Crippen molar-refractivity contribution in [3.8, 4) is 0 Å². The van der Waals surface area contributed by atoms with Gasteiger partial charge in [0.05, 0.1) is 49.5 Å². The molecule has 0 aromatic heterocycles. The molecular weight excluding hydrogens is 1120 g/mol. The number of fused-ring (bicyclic) bond motifs is 7. The Labute approximate surface area is 486 Å². The summed E-state index contributed by atoms with van der Waals surface area (Å²) in [5, 5.41) is 164. The van der Waals surface area contributed by atoms with E-state index in [0.717, 1.165) is 5.57 Å². The zero-order chi connectivity index (χ0) is 61.3. The Morgan fingerprint density at radius 1 is 0.560 bits per heavy atom. The zero-order valence-corrected chi connectivity index (χ0v) is 48.5. The van der Waals surface area contributed by atoms with E-state index in [1.54, 1.807) is 0 Å². The van der Waals surface area contributed by atoms with Gasteiger partial charge in [0.2, 0.25) is 6.29 Å². The van der Waals surface area contributed by atoms with Gasteiger partial charge < -0.3 is 124 Å². The number of carboxylic acids is 1. The van der Waals surface area contributed by atoms with E-state index in [0.29, 0.717) is 51.4 Å². The first-order valence-corrected chi connectivity index (χ1v) is 29.7. The smallest absolute Gasteiger partial charge is 0.315 e. The molecule has 5 aliphatic carbocycles. The largest absolute Gasteiger partial charge is 0.481 e. The third kappa shape index (κ3) is 10.5. The van der Waals surface area contributed by atoms with Crippen LogP contribution < -0.4 is 0 Å². The standard InChI is InChI=1S/C57H90O27/c1-22-32(63)42(81-46-38(69)34(65)27(61)20-76-46)40(71)48(78-22)82-43-35(66)28(62)21-77-49(43)84-51(74)57-14-12-52(2,3)16-24(57)23-8-9-30-53(4)17-25(59)44(56(7,50(72)73)31(53)10-11-55(30,6)54(23,5)13-15-57)83-47-39(70)36(67)41(29(18-58)79-47)80-45-37(68)33(64)26(60)19-75-45/h8,22,24-49,58-71H,9-21H2,1-7H3,(H,72,73)/t22-,24-,25-,26+,27-,28-,29+,30+,31+,32-,33-,34-,35-,36+,37+,38+,39+,40+,41+,42+,43+,44-,45-,46-,47-,48-,49-,53+,54+,55+,56-,57-/m0/s1. The lowest BCUT2D eigenvalue weighted by Crippen LogP contribution is -2.70. The number of carbonyl (C=O) groups is 2. The fraction of sp³-hybridized carbons (Fsp3) is 0.930. The maximum absolute atomic E-state index is 15.4. The number of aliphatic hydroxyl groups excluding tert-OH is 14. The van der Waals surface area contributed by atoms with Crippen LogP contribution in [0.15, 0.2) is 11.6 Å². The van der Waals surface area contributed by atoms with E-state index in [-0.39, 0.29) is 23.7 Å². The number of aliphatic hydroxyl groups is 14. The minimum atomic E-state index is -1.94. The van der Waals surface area contributed by atoms with Crippen molar-refractivity contribution in [3.05, 3.63) is 11.6 Å². The second-order valence-electron chi connectivity index (χ2n) is 27.7. The molecule has 480 valence electrons. The molecule has 4 saturated carbocycles. The van der Waals surface area contributed by atoms with Crippen LogP contribution in [0.5, 0.6) is 0 Å². The zero-order valence-electron chi connectivity index (χ0n) is 48.5. The van der Waals surface area contributed by atoms with Gasteiger partial charge >= 0.3 is 11.9 Å². The molecule has 0 aromatic carbocycles. The first-order chi connectivity index (χ1) is 39.3. The predicted molar refractivity (Wildman–Crippen MR) is 279 cm³/mol. The molecule has 10 rings (SSSR count). The summed E-state index contributed by atoms with van der Waals surface area (Å²) in [5.74, 6) is -3.12. The van der Waals surface area contributed by atoms with E-state index in [2.05, 4.69) is 33.8 Å². The molecular formula is C57H90O27. The average molecular weight is 1210 g/mol. The summed E-state index contributed by atoms with van der Waals surface area (Å²) in [5.41, 5.74) is -4.08. The Morgan fingerprint density at radius 2 is 1.11 bits per heavy atom. The highest BCUT2D eigenvalue weighted by molar-refractivity contribution is 5.79. The molecule has 5 heterocycles. The van der Waals surface area contributed by atoms with Crippen LogP contribution in [0.4, 0.5) is 0 Å². The predicted octanol–water partition coefficient (Wildman–Crippen LogP) is -3.23. The van der Waals surface area contributed by atoms with Gasteiger partial charge in [0.1, 0.15) is 97.7 Å².